The number of hydrogen-bond acceptors (Lipinski definition) is 3. The first-order chi connectivity index (χ1) is 10.6. The molecule has 1 fully saturated rings. The predicted octanol–water partition coefficient (Wildman–Crippen LogP) is 2.99. The second-order valence-electron chi connectivity index (χ2n) is 6.36. The number of carbonyl (C=O) groups is 1. The lowest BCUT2D eigenvalue weighted by atomic mass is 9.99. The molecule has 23 heavy (non-hydrogen) atoms. The Morgan fingerprint density at radius 1 is 1.35 bits per heavy atom. The van der Waals surface area contributed by atoms with Gasteiger partial charge in [0.1, 0.15) is 0 Å². The Hall–Kier alpha value is -1.10. The Bertz CT molecular complexity index is 481. The highest BCUT2D eigenvalue weighted by Crippen LogP contribution is 2.19. The number of para-hydroxylation sites is 1. The number of nitrogens with zero attached hydrogens (tertiary/aromatic N) is 1. The van der Waals surface area contributed by atoms with Gasteiger partial charge in [-0.3, -0.25) is 9.69 Å². The van der Waals surface area contributed by atoms with Gasteiger partial charge in [-0.1, -0.05) is 25.1 Å². The number of carbonyl (C=O) groups excluding carboxylic acids is 1. The lowest BCUT2D eigenvalue weighted by Gasteiger charge is -2.29. The molecule has 0 saturated carbocycles. The summed E-state index contributed by atoms with van der Waals surface area (Å²) in [5, 5.41) is 6.53. The van der Waals surface area contributed by atoms with Gasteiger partial charge in [-0.25, -0.2) is 0 Å². The molecule has 1 aromatic carbocycles. The van der Waals surface area contributed by atoms with Crippen LogP contribution in [0.5, 0.6) is 0 Å². The van der Waals surface area contributed by atoms with E-state index in [4.69, 9.17) is 0 Å². The fraction of sp³-hybridized carbons (Fsp3) is 0.611. The number of likely N-dealkylation sites (N-methyl/N-ethyl adjacent to an activating group) is 1. The highest BCUT2D eigenvalue weighted by molar-refractivity contribution is 5.93. The van der Waals surface area contributed by atoms with Crippen LogP contribution < -0.4 is 10.6 Å². The third kappa shape index (κ3) is 6.13. The molecule has 130 valence electrons. The number of anilines is 1. The second kappa shape index (κ2) is 9.91. The molecule has 1 aliphatic heterocycles. The minimum absolute atomic E-state index is 0. The lowest BCUT2D eigenvalue weighted by Crippen LogP contribution is -2.41. The van der Waals surface area contributed by atoms with Crippen molar-refractivity contribution >= 4 is 24.0 Å². The topological polar surface area (TPSA) is 44.4 Å². The predicted molar refractivity (Wildman–Crippen MR) is 99.5 cm³/mol. The monoisotopic (exact) mass is 339 g/mol. The molecule has 0 aromatic heterocycles. The van der Waals surface area contributed by atoms with Crippen molar-refractivity contribution in [1.82, 2.24) is 10.2 Å². The number of amides is 1. The van der Waals surface area contributed by atoms with Crippen LogP contribution in [0.1, 0.15) is 30.9 Å². The third-order valence-corrected chi connectivity index (χ3v) is 4.48. The summed E-state index contributed by atoms with van der Waals surface area (Å²) in [5.41, 5.74) is 3.20. The molecule has 4 nitrogen and oxygen atoms in total. The third-order valence-electron chi connectivity index (χ3n) is 4.48. The number of piperidine rings is 1. The van der Waals surface area contributed by atoms with Gasteiger partial charge in [-0.15, -0.1) is 12.4 Å². The first kappa shape index (κ1) is 19.9. The SMILES string of the molecule is CCN(CC(=O)Nc1c(C)cccc1C)CC1CCCNC1.Cl. The summed E-state index contributed by atoms with van der Waals surface area (Å²) in [6.45, 7) is 10.8. The van der Waals surface area contributed by atoms with E-state index in [0.717, 1.165) is 43.0 Å². The molecule has 1 unspecified atom stereocenters. The minimum Gasteiger partial charge on any atom is -0.324 e. The van der Waals surface area contributed by atoms with E-state index in [-0.39, 0.29) is 18.3 Å². The molecular weight excluding hydrogens is 310 g/mol. The normalized spacial score (nSPS) is 17.7. The number of benzene rings is 1. The average molecular weight is 340 g/mol. The first-order valence-electron chi connectivity index (χ1n) is 8.39. The van der Waals surface area contributed by atoms with Gasteiger partial charge in [0, 0.05) is 12.2 Å². The molecule has 1 aliphatic rings. The molecule has 2 N–H and O–H groups in total. The van der Waals surface area contributed by atoms with Gasteiger partial charge in [-0.2, -0.15) is 0 Å². The number of aryl methyl sites for hydroxylation is 2. The molecular formula is C18H30ClN3O. The average Bonchev–Trinajstić information content (AvgIpc) is 2.51. The van der Waals surface area contributed by atoms with E-state index in [2.05, 4.69) is 22.5 Å². The van der Waals surface area contributed by atoms with Crippen LogP contribution in [0, 0.1) is 19.8 Å². The quantitative estimate of drug-likeness (QED) is 0.837. The summed E-state index contributed by atoms with van der Waals surface area (Å²) < 4.78 is 0. The van der Waals surface area contributed by atoms with Crippen molar-refractivity contribution in [2.45, 2.75) is 33.6 Å². The Morgan fingerprint density at radius 2 is 2.04 bits per heavy atom. The molecule has 2 rings (SSSR count). The maximum Gasteiger partial charge on any atom is 0.238 e. The van der Waals surface area contributed by atoms with Gasteiger partial charge in [0.25, 0.3) is 0 Å². The lowest BCUT2D eigenvalue weighted by molar-refractivity contribution is -0.117. The first-order valence-corrected chi connectivity index (χ1v) is 8.39. The Morgan fingerprint density at radius 3 is 2.61 bits per heavy atom. The molecule has 1 heterocycles. The summed E-state index contributed by atoms with van der Waals surface area (Å²) in [4.78, 5) is 14.6. The summed E-state index contributed by atoms with van der Waals surface area (Å²) in [7, 11) is 0. The van der Waals surface area contributed by atoms with Crippen LogP contribution in [0.2, 0.25) is 0 Å². The smallest absolute Gasteiger partial charge is 0.238 e. The van der Waals surface area contributed by atoms with Crippen molar-refractivity contribution in [3.05, 3.63) is 29.3 Å². The summed E-state index contributed by atoms with van der Waals surface area (Å²) in [5.74, 6) is 0.754. The van der Waals surface area contributed by atoms with E-state index < -0.39 is 0 Å². The molecule has 1 amide bonds. The number of nitrogens with one attached hydrogen (secondary N) is 2. The molecule has 0 spiro atoms. The van der Waals surface area contributed by atoms with E-state index in [9.17, 15) is 4.79 Å². The van der Waals surface area contributed by atoms with E-state index in [1.807, 2.05) is 32.0 Å². The van der Waals surface area contributed by atoms with Crippen molar-refractivity contribution in [3.8, 4) is 0 Å². The zero-order chi connectivity index (χ0) is 15.9. The minimum atomic E-state index is 0. The second-order valence-corrected chi connectivity index (χ2v) is 6.36. The molecule has 0 aliphatic carbocycles. The van der Waals surface area contributed by atoms with Crippen molar-refractivity contribution in [1.29, 1.82) is 0 Å². The van der Waals surface area contributed by atoms with Crippen LogP contribution in [0.3, 0.4) is 0 Å². The zero-order valence-electron chi connectivity index (χ0n) is 14.5. The fourth-order valence-corrected chi connectivity index (χ4v) is 3.14. The molecule has 1 aromatic rings. The van der Waals surface area contributed by atoms with E-state index in [0.29, 0.717) is 12.5 Å². The van der Waals surface area contributed by atoms with Gasteiger partial charge < -0.3 is 10.6 Å². The van der Waals surface area contributed by atoms with Crippen molar-refractivity contribution in [2.24, 2.45) is 5.92 Å². The highest BCUT2D eigenvalue weighted by Gasteiger charge is 2.18. The number of halogens is 1. The van der Waals surface area contributed by atoms with Crippen LogP contribution in [0.25, 0.3) is 0 Å². The van der Waals surface area contributed by atoms with Gasteiger partial charge in [0.2, 0.25) is 5.91 Å². The van der Waals surface area contributed by atoms with Crippen molar-refractivity contribution in [3.63, 3.8) is 0 Å². The summed E-state index contributed by atoms with van der Waals surface area (Å²) in [6.07, 6.45) is 2.51. The molecule has 0 radical (unpaired) electrons. The molecule has 0 bridgehead atoms. The number of hydrogen-bond donors (Lipinski definition) is 2. The van der Waals surface area contributed by atoms with Crippen LogP contribution in [0.4, 0.5) is 5.69 Å². The van der Waals surface area contributed by atoms with Crippen LogP contribution in [0.15, 0.2) is 18.2 Å². The Balaban J connectivity index is 0.00000264. The van der Waals surface area contributed by atoms with E-state index in [1.54, 1.807) is 0 Å². The summed E-state index contributed by atoms with van der Waals surface area (Å²) in [6, 6.07) is 6.09. The fourth-order valence-electron chi connectivity index (χ4n) is 3.14. The van der Waals surface area contributed by atoms with Gasteiger partial charge in [0.05, 0.1) is 6.54 Å². The van der Waals surface area contributed by atoms with Crippen LogP contribution in [-0.2, 0) is 4.79 Å². The van der Waals surface area contributed by atoms with Crippen molar-refractivity contribution in [2.75, 3.05) is 38.0 Å². The molecule has 1 saturated heterocycles. The van der Waals surface area contributed by atoms with Gasteiger partial charge in [0.15, 0.2) is 0 Å². The van der Waals surface area contributed by atoms with Crippen LogP contribution >= 0.6 is 12.4 Å². The number of rotatable bonds is 6. The standard InChI is InChI=1S/C18H29N3O.ClH/c1-4-21(12-16-9-6-10-19-11-16)13-17(22)20-18-14(2)7-5-8-15(18)3;/h5,7-8,16,19H,4,6,9-13H2,1-3H3,(H,20,22);1H. The van der Waals surface area contributed by atoms with Gasteiger partial charge >= 0.3 is 0 Å². The van der Waals surface area contributed by atoms with E-state index in [1.165, 1.54) is 12.8 Å². The van der Waals surface area contributed by atoms with Crippen LogP contribution in [-0.4, -0.2) is 43.5 Å². The van der Waals surface area contributed by atoms with E-state index >= 15 is 0 Å². The Kier molecular flexibility index (Phi) is 8.59. The zero-order valence-corrected chi connectivity index (χ0v) is 15.3. The maximum atomic E-state index is 12.4. The van der Waals surface area contributed by atoms with Gasteiger partial charge in [-0.05, 0) is 63.4 Å². The highest BCUT2D eigenvalue weighted by atomic mass is 35.5. The summed E-state index contributed by atoms with van der Waals surface area (Å²) >= 11 is 0. The molecule has 1 atom stereocenters. The Labute approximate surface area is 146 Å². The van der Waals surface area contributed by atoms with Crippen molar-refractivity contribution < 1.29 is 4.79 Å². The maximum absolute atomic E-state index is 12.4. The molecule has 5 heteroatoms. The largest absolute Gasteiger partial charge is 0.324 e.